The Hall–Kier alpha value is -1.34. The fourth-order valence-corrected chi connectivity index (χ4v) is 3.79. The first-order valence-corrected chi connectivity index (χ1v) is 8.78. The van der Waals surface area contributed by atoms with Crippen LogP contribution in [0.1, 0.15) is 49.5 Å². The third-order valence-electron chi connectivity index (χ3n) is 4.18. The van der Waals surface area contributed by atoms with Gasteiger partial charge >= 0.3 is 5.97 Å². The van der Waals surface area contributed by atoms with Crippen molar-refractivity contribution in [3.8, 4) is 0 Å². The summed E-state index contributed by atoms with van der Waals surface area (Å²) in [6, 6.07) is 1.13. The molecule has 1 aliphatic carbocycles. The van der Waals surface area contributed by atoms with Crippen LogP contribution in [0.4, 0.5) is 0 Å². The molecule has 2 rings (SSSR count). The van der Waals surface area contributed by atoms with Crippen LogP contribution in [-0.4, -0.2) is 31.0 Å². The normalized spacial score (nSPS) is 23.1. The van der Waals surface area contributed by atoms with E-state index in [1.54, 1.807) is 0 Å². The number of aromatic carboxylic acids is 1. The molecule has 1 fully saturated rings. The SMILES string of the molecule is CC1CCC(CCNS(=O)(=O)c2c[nH]c(C(=O)O)c2)CC1. The van der Waals surface area contributed by atoms with Gasteiger partial charge in [-0.2, -0.15) is 0 Å². The Kier molecular flexibility index (Phi) is 5.05. The summed E-state index contributed by atoms with van der Waals surface area (Å²) >= 11 is 0. The summed E-state index contributed by atoms with van der Waals surface area (Å²) in [5, 5.41) is 8.79. The number of sulfonamides is 1. The summed E-state index contributed by atoms with van der Waals surface area (Å²) in [5.41, 5.74) is -0.128. The van der Waals surface area contributed by atoms with Gasteiger partial charge in [-0.1, -0.05) is 32.6 Å². The van der Waals surface area contributed by atoms with E-state index in [9.17, 15) is 13.2 Å². The number of hydrogen-bond donors (Lipinski definition) is 3. The van der Waals surface area contributed by atoms with Crippen molar-refractivity contribution in [2.75, 3.05) is 6.54 Å². The van der Waals surface area contributed by atoms with Gasteiger partial charge in [0.1, 0.15) is 10.6 Å². The highest BCUT2D eigenvalue weighted by Gasteiger charge is 2.21. The zero-order valence-electron chi connectivity index (χ0n) is 12.1. The fraction of sp³-hybridized carbons (Fsp3) is 0.643. The Balaban J connectivity index is 1.85. The van der Waals surface area contributed by atoms with Crippen LogP contribution in [0.5, 0.6) is 0 Å². The first kappa shape index (κ1) is 16.0. The molecule has 1 saturated carbocycles. The highest BCUT2D eigenvalue weighted by atomic mass is 32.2. The van der Waals surface area contributed by atoms with Crippen LogP contribution >= 0.6 is 0 Å². The molecule has 0 spiro atoms. The maximum Gasteiger partial charge on any atom is 0.352 e. The zero-order valence-corrected chi connectivity index (χ0v) is 12.9. The lowest BCUT2D eigenvalue weighted by atomic mass is 9.81. The summed E-state index contributed by atoms with van der Waals surface area (Å²) in [6.07, 6.45) is 6.80. The van der Waals surface area contributed by atoms with Crippen molar-refractivity contribution in [1.82, 2.24) is 9.71 Å². The van der Waals surface area contributed by atoms with E-state index in [1.165, 1.54) is 19.0 Å². The minimum atomic E-state index is -3.63. The standard InChI is InChI=1S/C14H22N2O4S/c1-10-2-4-11(5-3-10)6-7-16-21(19,20)12-8-13(14(17)18)15-9-12/h8-11,15-16H,2-7H2,1H3,(H,17,18). The lowest BCUT2D eigenvalue weighted by Crippen LogP contribution is -2.26. The van der Waals surface area contributed by atoms with Gasteiger partial charge in [-0.25, -0.2) is 17.9 Å². The average molecular weight is 314 g/mol. The monoisotopic (exact) mass is 314 g/mol. The number of aromatic nitrogens is 1. The Morgan fingerprint density at radius 2 is 2.05 bits per heavy atom. The Labute approximate surface area is 125 Å². The predicted octanol–water partition coefficient (Wildman–Crippen LogP) is 2.21. The number of hydrogen-bond acceptors (Lipinski definition) is 3. The van der Waals surface area contributed by atoms with Crippen LogP contribution in [0.3, 0.4) is 0 Å². The molecule has 0 radical (unpaired) electrons. The molecule has 1 heterocycles. The highest BCUT2D eigenvalue weighted by Crippen LogP contribution is 2.30. The van der Waals surface area contributed by atoms with Crippen LogP contribution in [0, 0.1) is 11.8 Å². The Morgan fingerprint density at radius 3 is 2.62 bits per heavy atom. The summed E-state index contributed by atoms with van der Waals surface area (Å²) in [4.78, 5) is 13.1. The van der Waals surface area contributed by atoms with Gasteiger partial charge in [-0.05, 0) is 24.3 Å². The second kappa shape index (κ2) is 6.62. The lowest BCUT2D eigenvalue weighted by Gasteiger charge is -2.26. The van der Waals surface area contributed by atoms with Gasteiger partial charge < -0.3 is 10.1 Å². The molecule has 3 N–H and O–H groups in total. The molecule has 0 unspecified atom stereocenters. The van der Waals surface area contributed by atoms with Crippen molar-refractivity contribution < 1.29 is 18.3 Å². The number of carboxylic acids is 1. The largest absolute Gasteiger partial charge is 0.477 e. The van der Waals surface area contributed by atoms with Crippen molar-refractivity contribution in [1.29, 1.82) is 0 Å². The number of H-pyrrole nitrogens is 1. The van der Waals surface area contributed by atoms with Crippen LogP contribution in [-0.2, 0) is 10.0 Å². The molecule has 6 nitrogen and oxygen atoms in total. The predicted molar refractivity (Wildman–Crippen MR) is 78.7 cm³/mol. The summed E-state index contributed by atoms with van der Waals surface area (Å²) in [7, 11) is -3.63. The van der Waals surface area contributed by atoms with Crippen molar-refractivity contribution >= 4 is 16.0 Å². The van der Waals surface area contributed by atoms with Gasteiger partial charge in [0.05, 0.1) is 0 Å². The van der Waals surface area contributed by atoms with Crippen LogP contribution in [0.25, 0.3) is 0 Å². The van der Waals surface area contributed by atoms with E-state index in [0.29, 0.717) is 12.5 Å². The summed E-state index contributed by atoms with van der Waals surface area (Å²) in [5.74, 6) is 0.199. The maximum absolute atomic E-state index is 12.0. The molecule has 0 amide bonds. The summed E-state index contributed by atoms with van der Waals surface area (Å²) in [6.45, 7) is 2.65. The molecule has 0 bridgehead atoms. The molecule has 21 heavy (non-hydrogen) atoms. The van der Waals surface area contributed by atoms with Gasteiger partial charge in [0.25, 0.3) is 0 Å². The molecule has 0 atom stereocenters. The van der Waals surface area contributed by atoms with Gasteiger partial charge in [-0.3, -0.25) is 0 Å². The molecule has 1 aliphatic rings. The van der Waals surface area contributed by atoms with Gasteiger partial charge in [0.15, 0.2) is 0 Å². The van der Waals surface area contributed by atoms with Gasteiger partial charge in [0, 0.05) is 12.7 Å². The zero-order chi connectivity index (χ0) is 15.5. The molecule has 7 heteroatoms. The second-order valence-electron chi connectivity index (χ2n) is 5.87. The molecule has 0 saturated heterocycles. The minimum absolute atomic E-state index is 0.0304. The van der Waals surface area contributed by atoms with E-state index in [2.05, 4.69) is 16.6 Å². The number of nitrogens with one attached hydrogen (secondary N) is 2. The number of carbonyl (C=O) groups is 1. The van der Waals surface area contributed by atoms with E-state index in [-0.39, 0.29) is 10.6 Å². The molecule has 0 aromatic carbocycles. The first-order valence-electron chi connectivity index (χ1n) is 7.30. The molecular formula is C14H22N2O4S. The van der Waals surface area contributed by atoms with Crippen LogP contribution in [0.2, 0.25) is 0 Å². The van der Waals surface area contributed by atoms with E-state index in [1.807, 2.05) is 0 Å². The van der Waals surface area contributed by atoms with Gasteiger partial charge in [0.2, 0.25) is 10.0 Å². The van der Waals surface area contributed by atoms with Crippen molar-refractivity contribution in [3.05, 3.63) is 18.0 Å². The van der Waals surface area contributed by atoms with Crippen LogP contribution < -0.4 is 4.72 Å². The topological polar surface area (TPSA) is 99.3 Å². The van der Waals surface area contributed by atoms with Crippen LogP contribution in [0.15, 0.2) is 17.2 Å². The van der Waals surface area contributed by atoms with E-state index in [4.69, 9.17) is 5.11 Å². The van der Waals surface area contributed by atoms with E-state index < -0.39 is 16.0 Å². The molecule has 0 aliphatic heterocycles. The lowest BCUT2D eigenvalue weighted by molar-refractivity contribution is 0.0691. The van der Waals surface area contributed by atoms with Crippen molar-refractivity contribution in [3.63, 3.8) is 0 Å². The Morgan fingerprint density at radius 1 is 1.38 bits per heavy atom. The average Bonchev–Trinajstić information content (AvgIpc) is 2.91. The van der Waals surface area contributed by atoms with Crippen molar-refractivity contribution in [2.24, 2.45) is 11.8 Å². The third-order valence-corrected chi connectivity index (χ3v) is 5.62. The highest BCUT2D eigenvalue weighted by molar-refractivity contribution is 7.89. The molecule has 118 valence electrons. The number of carboxylic acid groups (broad SMARTS) is 1. The third kappa shape index (κ3) is 4.31. The quantitative estimate of drug-likeness (QED) is 0.749. The first-order chi connectivity index (χ1) is 9.88. The fourth-order valence-electron chi connectivity index (χ4n) is 2.75. The number of rotatable bonds is 6. The smallest absolute Gasteiger partial charge is 0.352 e. The Bertz CT molecular complexity index is 586. The molecule has 1 aromatic rings. The van der Waals surface area contributed by atoms with Gasteiger partial charge in [-0.15, -0.1) is 0 Å². The second-order valence-corrected chi connectivity index (χ2v) is 7.63. The van der Waals surface area contributed by atoms with E-state index >= 15 is 0 Å². The summed E-state index contributed by atoms with van der Waals surface area (Å²) < 4.78 is 26.6. The van der Waals surface area contributed by atoms with E-state index in [0.717, 1.165) is 31.2 Å². The maximum atomic E-state index is 12.0. The minimum Gasteiger partial charge on any atom is -0.477 e. The molecule has 1 aromatic heterocycles. The number of aromatic amines is 1. The molecular weight excluding hydrogens is 292 g/mol. The van der Waals surface area contributed by atoms with Crippen molar-refractivity contribution in [2.45, 2.75) is 43.9 Å².